The van der Waals surface area contributed by atoms with Gasteiger partial charge in [0.1, 0.15) is 5.82 Å². The van der Waals surface area contributed by atoms with Crippen molar-refractivity contribution in [3.63, 3.8) is 0 Å². The van der Waals surface area contributed by atoms with Gasteiger partial charge in [-0.1, -0.05) is 0 Å². The molecule has 1 aromatic heterocycles. The van der Waals surface area contributed by atoms with Crippen LogP contribution in [0.2, 0.25) is 0 Å². The molecule has 5 heteroatoms. The smallest absolute Gasteiger partial charge is 0.153 e. The minimum absolute atomic E-state index is 0.173. The van der Waals surface area contributed by atoms with Gasteiger partial charge in [0.25, 0.3) is 0 Å². The molecule has 5 N–H and O–H groups in total. The van der Waals surface area contributed by atoms with Gasteiger partial charge in [-0.2, -0.15) is 5.10 Å². The standard InChI is InChI=1S/C8H16N4O/c1-8(2,3)12-7(10)5(4-13)6(9)11-12/h13H,4,10H2,1-3H3,(H2,9,11). The Morgan fingerprint density at radius 1 is 1.38 bits per heavy atom. The van der Waals surface area contributed by atoms with Crippen molar-refractivity contribution >= 4 is 11.6 Å². The van der Waals surface area contributed by atoms with E-state index < -0.39 is 0 Å². The van der Waals surface area contributed by atoms with Gasteiger partial charge >= 0.3 is 0 Å². The highest BCUT2D eigenvalue weighted by molar-refractivity contribution is 5.54. The van der Waals surface area contributed by atoms with Crippen LogP contribution in [0.3, 0.4) is 0 Å². The summed E-state index contributed by atoms with van der Waals surface area (Å²) in [6, 6.07) is 0. The second kappa shape index (κ2) is 2.92. The minimum Gasteiger partial charge on any atom is -0.391 e. The van der Waals surface area contributed by atoms with Gasteiger partial charge in [-0.15, -0.1) is 0 Å². The van der Waals surface area contributed by atoms with E-state index in [2.05, 4.69) is 5.10 Å². The maximum atomic E-state index is 8.96. The summed E-state index contributed by atoms with van der Waals surface area (Å²) >= 11 is 0. The first kappa shape index (κ1) is 9.85. The number of rotatable bonds is 1. The first-order valence-electron chi connectivity index (χ1n) is 4.12. The number of nitrogens with zero attached hydrogens (tertiary/aromatic N) is 2. The van der Waals surface area contributed by atoms with Crippen molar-refractivity contribution in [1.29, 1.82) is 0 Å². The number of aliphatic hydroxyl groups is 1. The Hall–Kier alpha value is -1.23. The molecule has 0 spiro atoms. The minimum atomic E-state index is -0.217. The Labute approximate surface area is 77.3 Å². The van der Waals surface area contributed by atoms with Crippen LogP contribution in [0.4, 0.5) is 11.6 Å². The van der Waals surface area contributed by atoms with Gasteiger partial charge < -0.3 is 16.6 Å². The van der Waals surface area contributed by atoms with E-state index >= 15 is 0 Å². The van der Waals surface area contributed by atoms with E-state index in [9.17, 15) is 0 Å². The number of anilines is 2. The fraction of sp³-hybridized carbons (Fsp3) is 0.625. The van der Waals surface area contributed by atoms with E-state index in [1.165, 1.54) is 0 Å². The van der Waals surface area contributed by atoms with Crippen LogP contribution < -0.4 is 11.5 Å². The SMILES string of the molecule is CC(C)(C)n1nc(N)c(CO)c1N. The first-order chi connectivity index (χ1) is 5.88. The Balaban J connectivity index is 3.26. The molecule has 0 amide bonds. The van der Waals surface area contributed by atoms with Crippen LogP contribution in [0.15, 0.2) is 0 Å². The van der Waals surface area contributed by atoms with E-state index in [4.69, 9.17) is 16.6 Å². The topological polar surface area (TPSA) is 90.1 Å². The molecule has 74 valence electrons. The molecule has 0 atom stereocenters. The van der Waals surface area contributed by atoms with Crippen LogP contribution >= 0.6 is 0 Å². The summed E-state index contributed by atoms with van der Waals surface area (Å²) in [5, 5.41) is 13.0. The number of nitrogen functional groups attached to an aromatic ring is 2. The highest BCUT2D eigenvalue weighted by Crippen LogP contribution is 2.25. The Bertz CT molecular complexity index is 311. The number of aromatic nitrogens is 2. The van der Waals surface area contributed by atoms with E-state index in [0.29, 0.717) is 17.2 Å². The molecule has 5 nitrogen and oxygen atoms in total. The van der Waals surface area contributed by atoms with Crippen molar-refractivity contribution < 1.29 is 5.11 Å². The zero-order chi connectivity index (χ0) is 10.2. The molecular formula is C8H16N4O. The van der Waals surface area contributed by atoms with Gasteiger partial charge in [0.15, 0.2) is 5.82 Å². The normalized spacial score (nSPS) is 12.0. The summed E-state index contributed by atoms with van der Waals surface area (Å²) in [4.78, 5) is 0. The predicted octanol–water partition coefficient (Wildman–Crippen LogP) is 0.295. The molecule has 0 saturated heterocycles. The van der Waals surface area contributed by atoms with E-state index in [-0.39, 0.29) is 12.1 Å². The van der Waals surface area contributed by atoms with E-state index in [1.807, 2.05) is 20.8 Å². The van der Waals surface area contributed by atoms with Crippen molar-refractivity contribution in [2.24, 2.45) is 0 Å². The molecule has 0 aliphatic carbocycles. The summed E-state index contributed by atoms with van der Waals surface area (Å²) in [6.07, 6.45) is 0. The van der Waals surface area contributed by atoms with Crippen LogP contribution in [0.1, 0.15) is 26.3 Å². The second-order valence-electron chi connectivity index (χ2n) is 3.99. The molecule has 0 saturated carbocycles. The van der Waals surface area contributed by atoms with Gasteiger partial charge in [-0.05, 0) is 20.8 Å². The summed E-state index contributed by atoms with van der Waals surface area (Å²) in [5.74, 6) is 0.738. The fourth-order valence-electron chi connectivity index (χ4n) is 1.15. The average Bonchev–Trinajstić information content (AvgIpc) is 2.25. The largest absolute Gasteiger partial charge is 0.391 e. The molecule has 0 radical (unpaired) electrons. The van der Waals surface area contributed by atoms with E-state index in [1.54, 1.807) is 4.68 Å². The third-order valence-corrected chi connectivity index (χ3v) is 1.85. The molecule has 13 heavy (non-hydrogen) atoms. The second-order valence-corrected chi connectivity index (χ2v) is 3.99. The fourth-order valence-corrected chi connectivity index (χ4v) is 1.15. The lowest BCUT2D eigenvalue weighted by Gasteiger charge is -2.20. The molecule has 1 aromatic rings. The van der Waals surface area contributed by atoms with Crippen molar-refractivity contribution in [2.75, 3.05) is 11.5 Å². The summed E-state index contributed by atoms with van der Waals surface area (Å²) in [5.41, 5.74) is 11.6. The molecule has 0 aliphatic heterocycles. The van der Waals surface area contributed by atoms with Gasteiger partial charge in [-0.25, -0.2) is 4.68 Å². The van der Waals surface area contributed by atoms with Crippen LogP contribution in [0.5, 0.6) is 0 Å². The van der Waals surface area contributed by atoms with Crippen molar-refractivity contribution in [1.82, 2.24) is 9.78 Å². The van der Waals surface area contributed by atoms with Crippen LogP contribution in [0, 0.1) is 0 Å². The maximum absolute atomic E-state index is 8.96. The molecule has 1 rings (SSSR count). The summed E-state index contributed by atoms with van der Waals surface area (Å²) in [6.45, 7) is 5.73. The highest BCUT2D eigenvalue weighted by atomic mass is 16.3. The van der Waals surface area contributed by atoms with Crippen LogP contribution in [-0.2, 0) is 12.1 Å². The van der Waals surface area contributed by atoms with Crippen molar-refractivity contribution in [3.05, 3.63) is 5.56 Å². The van der Waals surface area contributed by atoms with Gasteiger partial charge in [0.05, 0.1) is 17.7 Å². The zero-order valence-electron chi connectivity index (χ0n) is 8.20. The molecule has 1 heterocycles. The predicted molar refractivity (Wildman–Crippen MR) is 52.0 cm³/mol. The van der Waals surface area contributed by atoms with Crippen LogP contribution in [0.25, 0.3) is 0 Å². The molecular weight excluding hydrogens is 168 g/mol. The maximum Gasteiger partial charge on any atom is 0.153 e. The number of hydrogen-bond donors (Lipinski definition) is 3. The quantitative estimate of drug-likeness (QED) is 0.585. The molecule has 0 bridgehead atoms. The summed E-state index contributed by atoms with van der Waals surface area (Å²) < 4.78 is 1.62. The van der Waals surface area contributed by atoms with Crippen LogP contribution in [-0.4, -0.2) is 14.9 Å². The van der Waals surface area contributed by atoms with Gasteiger partial charge in [0.2, 0.25) is 0 Å². The average molecular weight is 184 g/mol. The van der Waals surface area contributed by atoms with Gasteiger partial charge in [0, 0.05) is 0 Å². The van der Waals surface area contributed by atoms with Crippen molar-refractivity contribution in [3.8, 4) is 0 Å². The van der Waals surface area contributed by atoms with E-state index in [0.717, 1.165) is 0 Å². The zero-order valence-corrected chi connectivity index (χ0v) is 8.20. The third-order valence-electron chi connectivity index (χ3n) is 1.85. The molecule has 0 aromatic carbocycles. The lowest BCUT2D eigenvalue weighted by molar-refractivity contribution is 0.282. The molecule has 0 aliphatic rings. The lowest BCUT2D eigenvalue weighted by Crippen LogP contribution is -2.25. The molecule has 0 fully saturated rings. The Kier molecular flexibility index (Phi) is 2.21. The third kappa shape index (κ3) is 1.60. The van der Waals surface area contributed by atoms with Gasteiger partial charge in [-0.3, -0.25) is 0 Å². The number of nitrogens with two attached hydrogens (primary N) is 2. The monoisotopic (exact) mass is 184 g/mol. The molecule has 0 unspecified atom stereocenters. The Morgan fingerprint density at radius 2 is 1.92 bits per heavy atom. The number of hydrogen-bond acceptors (Lipinski definition) is 4. The first-order valence-corrected chi connectivity index (χ1v) is 4.12. The summed E-state index contributed by atoms with van der Waals surface area (Å²) in [7, 11) is 0. The Morgan fingerprint density at radius 3 is 2.15 bits per heavy atom. The number of aliphatic hydroxyl groups excluding tert-OH is 1. The van der Waals surface area contributed by atoms with Crippen molar-refractivity contribution in [2.45, 2.75) is 32.9 Å². The lowest BCUT2D eigenvalue weighted by atomic mass is 10.1. The highest BCUT2D eigenvalue weighted by Gasteiger charge is 2.21.